The number of hydrogen-bond acceptors (Lipinski definition) is 6. The Hall–Kier alpha value is -3.13. The van der Waals surface area contributed by atoms with Gasteiger partial charge in [0, 0.05) is 5.39 Å². The van der Waals surface area contributed by atoms with Gasteiger partial charge in [-0.25, -0.2) is 4.79 Å². The number of ether oxygens (including phenoxy) is 1. The van der Waals surface area contributed by atoms with Crippen LogP contribution in [0.1, 0.15) is 43.1 Å². The SMILES string of the molecule is CCOC(=O)c1c(NC(=O)c2cc3ccccc3o2)sc(C(N)=O)c1C. The van der Waals surface area contributed by atoms with Crippen LogP contribution in [-0.4, -0.2) is 24.4 Å². The number of esters is 1. The topological polar surface area (TPSA) is 112 Å². The van der Waals surface area contributed by atoms with Crippen molar-refractivity contribution in [3.8, 4) is 0 Å². The lowest BCUT2D eigenvalue weighted by molar-refractivity contribution is 0.0527. The molecule has 2 heterocycles. The summed E-state index contributed by atoms with van der Waals surface area (Å²) in [6, 6.07) is 8.80. The predicted octanol–water partition coefficient (Wildman–Crippen LogP) is 3.33. The molecule has 0 aliphatic carbocycles. The number of primary amides is 1. The summed E-state index contributed by atoms with van der Waals surface area (Å²) < 4.78 is 10.5. The van der Waals surface area contributed by atoms with Crippen molar-refractivity contribution in [2.45, 2.75) is 13.8 Å². The Morgan fingerprint density at radius 2 is 2.00 bits per heavy atom. The number of benzene rings is 1. The highest BCUT2D eigenvalue weighted by Crippen LogP contribution is 2.34. The minimum atomic E-state index is -0.678. The monoisotopic (exact) mass is 372 g/mol. The lowest BCUT2D eigenvalue weighted by Gasteiger charge is -2.05. The fourth-order valence-corrected chi connectivity index (χ4v) is 3.59. The summed E-state index contributed by atoms with van der Waals surface area (Å²) in [7, 11) is 0. The Morgan fingerprint density at radius 3 is 2.65 bits per heavy atom. The van der Waals surface area contributed by atoms with E-state index in [4.69, 9.17) is 14.9 Å². The Labute approximate surface area is 152 Å². The van der Waals surface area contributed by atoms with E-state index in [0.29, 0.717) is 11.1 Å². The van der Waals surface area contributed by atoms with Gasteiger partial charge in [-0.3, -0.25) is 9.59 Å². The number of nitrogens with two attached hydrogens (primary N) is 1. The van der Waals surface area contributed by atoms with Gasteiger partial charge in [-0.05, 0) is 31.5 Å². The minimum Gasteiger partial charge on any atom is -0.462 e. The van der Waals surface area contributed by atoms with E-state index in [0.717, 1.165) is 16.7 Å². The van der Waals surface area contributed by atoms with Crippen LogP contribution in [0.15, 0.2) is 34.7 Å². The zero-order valence-electron chi connectivity index (χ0n) is 14.1. The highest BCUT2D eigenvalue weighted by Gasteiger charge is 2.26. The minimum absolute atomic E-state index is 0.0905. The number of thiophene rings is 1. The molecule has 134 valence electrons. The maximum atomic E-state index is 12.5. The van der Waals surface area contributed by atoms with Gasteiger partial charge >= 0.3 is 5.97 Å². The van der Waals surface area contributed by atoms with Crippen molar-refractivity contribution in [1.82, 2.24) is 0 Å². The number of anilines is 1. The number of carbonyl (C=O) groups excluding carboxylic acids is 3. The number of carbonyl (C=O) groups is 3. The van der Waals surface area contributed by atoms with Crippen LogP contribution in [0, 0.1) is 6.92 Å². The average Bonchev–Trinajstić information content (AvgIpc) is 3.16. The summed E-state index contributed by atoms with van der Waals surface area (Å²) in [5, 5.41) is 3.60. The first-order valence-corrected chi connectivity index (χ1v) is 8.64. The van der Waals surface area contributed by atoms with Crippen LogP contribution in [0.25, 0.3) is 11.0 Å². The zero-order valence-corrected chi connectivity index (χ0v) is 14.9. The van der Waals surface area contributed by atoms with Gasteiger partial charge in [0.2, 0.25) is 0 Å². The highest BCUT2D eigenvalue weighted by atomic mass is 32.1. The lowest BCUT2D eigenvalue weighted by atomic mass is 10.1. The number of rotatable bonds is 5. The third kappa shape index (κ3) is 3.18. The molecule has 0 atom stereocenters. The molecule has 26 heavy (non-hydrogen) atoms. The normalized spacial score (nSPS) is 10.7. The molecule has 3 N–H and O–H groups in total. The number of furan rings is 1. The number of para-hydroxylation sites is 1. The van der Waals surface area contributed by atoms with Gasteiger partial charge in [-0.2, -0.15) is 0 Å². The maximum absolute atomic E-state index is 12.5. The first-order valence-electron chi connectivity index (χ1n) is 7.82. The number of nitrogens with one attached hydrogen (secondary N) is 1. The van der Waals surface area contributed by atoms with Gasteiger partial charge < -0.3 is 20.2 Å². The summed E-state index contributed by atoms with van der Waals surface area (Å²) in [6.45, 7) is 3.41. The Kier molecular flexibility index (Phi) is 4.77. The summed E-state index contributed by atoms with van der Waals surface area (Å²) in [5.74, 6) is -1.76. The molecule has 3 aromatic rings. The van der Waals surface area contributed by atoms with Gasteiger partial charge in [0.1, 0.15) is 10.6 Å². The van der Waals surface area contributed by atoms with E-state index in [1.807, 2.05) is 12.1 Å². The number of amides is 2. The molecular weight excluding hydrogens is 356 g/mol. The van der Waals surface area contributed by atoms with Crippen molar-refractivity contribution < 1.29 is 23.5 Å². The second kappa shape index (κ2) is 7.01. The van der Waals surface area contributed by atoms with Gasteiger partial charge in [0.25, 0.3) is 11.8 Å². The molecule has 0 aliphatic heterocycles. The first-order chi connectivity index (χ1) is 12.4. The summed E-state index contributed by atoms with van der Waals surface area (Å²) in [6.07, 6.45) is 0. The summed E-state index contributed by atoms with van der Waals surface area (Å²) >= 11 is 0.929. The van der Waals surface area contributed by atoms with Crippen LogP contribution in [0.2, 0.25) is 0 Å². The molecule has 8 heteroatoms. The molecule has 0 fully saturated rings. The largest absolute Gasteiger partial charge is 0.462 e. The van der Waals surface area contributed by atoms with E-state index in [9.17, 15) is 14.4 Å². The maximum Gasteiger partial charge on any atom is 0.341 e. The molecule has 1 aromatic carbocycles. The molecule has 0 spiro atoms. The predicted molar refractivity (Wildman–Crippen MR) is 97.7 cm³/mol. The Balaban J connectivity index is 1.97. The van der Waals surface area contributed by atoms with Crippen molar-refractivity contribution >= 4 is 45.1 Å². The smallest absolute Gasteiger partial charge is 0.341 e. The van der Waals surface area contributed by atoms with Crippen molar-refractivity contribution in [2.75, 3.05) is 11.9 Å². The van der Waals surface area contributed by atoms with E-state index in [-0.39, 0.29) is 27.8 Å². The third-order valence-electron chi connectivity index (χ3n) is 3.73. The zero-order chi connectivity index (χ0) is 18.8. The third-order valence-corrected chi connectivity index (χ3v) is 4.95. The molecule has 3 rings (SSSR count). The van der Waals surface area contributed by atoms with E-state index >= 15 is 0 Å². The molecular formula is C18H16N2O5S. The van der Waals surface area contributed by atoms with E-state index < -0.39 is 17.8 Å². The highest BCUT2D eigenvalue weighted by molar-refractivity contribution is 7.18. The van der Waals surface area contributed by atoms with E-state index in [1.54, 1.807) is 32.0 Å². The number of hydrogen-bond donors (Lipinski definition) is 2. The van der Waals surface area contributed by atoms with E-state index in [2.05, 4.69) is 5.32 Å². The fraction of sp³-hybridized carbons (Fsp3) is 0.167. The molecule has 0 bridgehead atoms. The van der Waals surface area contributed by atoms with Crippen LogP contribution in [0.3, 0.4) is 0 Å². The molecule has 2 amide bonds. The molecule has 0 saturated carbocycles. The Morgan fingerprint density at radius 1 is 1.27 bits per heavy atom. The van der Waals surface area contributed by atoms with Crippen LogP contribution < -0.4 is 11.1 Å². The lowest BCUT2D eigenvalue weighted by Crippen LogP contribution is -2.14. The molecule has 0 unspecified atom stereocenters. The second-order valence-electron chi connectivity index (χ2n) is 5.45. The molecule has 0 saturated heterocycles. The number of fused-ring (bicyclic) bond motifs is 1. The average molecular weight is 372 g/mol. The molecule has 7 nitrogen and oxygen atoms in total. The van der Waals surface area contributed by atoms with Crippen LogP contribution in [0.4, 0.5) is 5.00 Å². The van der Waals surface area contributed by atoms with E-state index in [1.165, 1.54) is 0 Å². The van der Waals surface area contributed by atoms with Crippen LogP contribution in [-0.2, 0) is 4.74 Å². The van der Waals surface area contributed by atoms with Crippen molar-refractivity contribution in [2.24, 2.45) is 5.73 Å². The quantitative estimate of drug-likeness (QED) is 0.667. The van der Waals surface area contributed by atoms with Crippen molar-refractivity contribution in [3.05, 3.63) is 52.1 Å². The van der Waals surface area contributed by atoms with Crippen molar-refractivity contribution in [3.63, 3.8) is 0 Å². The molecule has 2 aromatic heterocycles. The van der Waals surface area contributed by atoms with Gasteiger partial charge in [-0.1, -0.05) is 18.2 Å². The standard InChI is InChI=1S/C18H16N2O5S/c1-3-24-18(23)13-9(2)14(15(19)21)26-17(13)20-16(22)12-8-10-6-4-5-7-11(10)25-12/h4-8H,3H2,1-2H3,(H2,19,21)(H,20,22). The Bertz CT molecular complexity index is 985. The van der Waals surface area contributed by atoms with Crippen LogP contribution in [0.5, 0.6) is 0 Å². The summed E-state index contributed by atoms with van der Waals surface area (Å²) in [4.78, 5) is 36.6. The first kappa shape index (κ1) is 17.7. The molecule has 0 aliphatic rings. The summed E-state index contributed by atoms with van der Waals surface area (Å²) in [5.41, 5.74) is 6.42. The van der Waals surface area contributed by atoms with Crippen LogP contribution >= 0.6 is 11.3 Å². The van der Waals surface area contributed by atoms with Gasteiger partial charge in [-0.15, -0.1) is 11.3 Å². The fourth-order valence-electron chi connectivity index (χ4n) is 2.54. The van der Waals surface area contributed by atoms with Crippen molar-refractivity contribution in [1.29, 1.82) is 0 Å². The molecule has 0 radical (unpaired) electrons. The van der Waals surface area contributed by atoms with Gasteiger partial charge in [0.05, 0.1) is 17.0 Å². The second-order valence-corrected chi connectivity index (χ2v) is 6.47. The van der Waals surface area contributed by atoms with Gasteiger partial charge in [0.15, 0.2) is 5.76 Å².